The zero-order chi connectivity index (χ0) is 16.5. The van der Waals surface area contributed by atoms with Crippen molar-refractivity contribution in [2.75, 3.05) is 14.1 Å². The summed E-state index contributed by atoms with van der Waals surface area (Å²) in [5.74, 6) is -1.23. The number of nitrogens with zero attached hydrogens (tertiary/aromatic N) is 2. The van der Waals surface area contributed by atoms with Gasteiger partial charge < -0.3 is 16.0 Å². The van der Waals surface area contributed by atoms with Crippen molar-refractivity contribution in [3.8, 4) is 0 Å². The average Bonchev–Trinajstić information content (AvgIpc) is 2.50. The molecule has 1 aromatic heterocycles. The number of nitrogens with one attached hydrogen (secondary N) is 1. The molecule has 3 N–H and O–H groups in total. The van der Waals surface area contributed by atoms with Crippen LogP contribution in [0.4, 0.5) is 0 Å². The molecule has 0 saturated carbocycles. The number of allylic oxidation sites excluding steroid dienone is 1. The largest absolute Gasteiger partial charge is 0.368 e. The number of carbonyl (C=O) groups excluding carboxylic acids is 3. The molecule has 118 valence electrons. The third-order valence-electron chi connectivity index (χ3n) is 2.87. The highest BCUT2D eigenvalue weighted by molar-refractivity contribution is 5.95. The van der Waals surface area contributed by atoms with Gasteiger partial charge in [0.15, 0.2) is 0 Å². The lowest BCUT2D eigenvalue weighted by molar-refractivity contribution is -0.123. The van der Waals surface area contributed by atoms with Crippen LogP contribution < -0.4 is 11.1 Å². The summed E-state index contributed by atoms with van der Waals surface area (Å²) in [4.78, 5) is 40.0. The molecule has 22 heavy (non-hydrogen) atoms. The summed E-state index contributed by atoms with van der Waals surface area (Å²) in [5.41, 5.74) is 5.49. The number of pyridine rings is 1. The van der Waals surface area contributed by atoms with E-state index in [1.165, 1.54) is 17.2 Å². The standard InChI is InChI=1S/C15H20N4O3/c1-19(2)13(20)9-4-3-7-11(14(16)21)18-15(22)12-8-5-6-10-17-12/h4-6,8-11H,3,7H2,1-2H3,(H2,16,21)(H,18,22). The Morgan fingerprint density at radius 3 is 2.64 bits per heavy atom. The van der Waals surface area contributed by atoms with Crippen LogP contribution >= 0.6 is 0 Å². The van der Waals surface area contributed by atoms with Gasteiger partial charge in [0, 0.05) is 20.3 Å². The van der Waals surface area contributed by atoms with Gasteiger partial charge in [-0.2, -0.15) is 0 Å². The quantitative estimate of drug-likeness (QED) is 0.696. The van der Waals surface area contributed by atoms with Crippen molar-refractivity contribution in [3.05, 3.63) is 42.2 Å². The Morgan fingerprint density at radius 2 is 2.09 bits per heavy atom. The summed E-state index contributed by atoms with van der Waals surface area (Å²) in [6.45, 7) is 0. The molecule has 0 aliphatic rings. The van der Waals surface area contributed by atoms with Crippen molar-refractivity contribution < 1.29 is 14.4 Å². The van der Waals surface area contributed by atoms with Crippen LogP contribution in [0.2, 0.25) is 0 Å². The van der Waals surface area contributed by atoms with Gasteiger partial charge in [0.25, 0.3) is 5.91 Å². The Morgan fingerprint density at radius 1 is 1.36 bits per heavy atom. The number of rotatable bonds is 7. The smallest absolute Gasteiger partial charge is 0.270 e. The van der Waals surface area contributed by atoms with Crippen LogP contribution in [0.15, 0.2) is 36.5 Å². The Balaban J connectivity index is 2.54. The lowest BCUT2D eigenvalue weighted by atomic mass is 10.1. The van der Waals surface area contributed by atoms with Crippen molar-refractivity contribution in [1.82, 2.24) is 15.2 Å². The maximum absolute atomic E-state index is 11.9. The molecule has 0 radical (unpaired) electrons. The van der Waals surface area contributed by atoms with E-state index in [9.17, 15) is 14.4 Å². The number of amides is 3. The molecule has 0 aliphatic heterocycles. The predicted octanol–water partition coefficient (Wildman–Crippen LogP) is 0.0899. The molecule has 1 aromatic rings. The zero-order valence-corrected chi connectivity index (χ0v) is 12.7. The van der Waals surface area contributed by atoms with E-state index in [0.717, 1.165) is 0 Å². The first-order valence-corrected chi connectivity index (χ1v) is 6.81. The van der Waals surface area contributed by atoms with Gasteiger partial charge in [-0.15, -0.1) is 0 Å². The number of likely N-dealkylation sites (N-methyl/N-ethyl adjacent to an activating group) is 1. The van der Waals surface area contributed by atoms with Crippen molar-refractivity contribution >= 4 is 17.7 Å². The van der Waals surface area contributed by atoms with Crippen LogP contribution in [-0.2, 0) is 9.59 Å². The van der Waals surface area contributed by atoms with E-state index in [2.05, 4.69) is 10.3 Å². The minimum absolute atomic E-state index is 0.145. The highest BCUT2D eigenvalue weighted by Crippen LogP contribution is 2.01. The highest BCUT2D eigenvalue weighted by atomic mass is 16.2. The summed E-state index contributed by atoms with van der Waals surface area (Å²) in [6.07, 6.45) is 5.30. The van der Waals surface area contributed by atoms with E-state index in [0.29, 0.717) is 12.8 Å². The SMILES string of the molecule is CN(C)C(=O)C=CCCC(NC(=O)c1ccccn1)C(N)=O. The Labute approximate surface area is 129 Å². The summed E-state index contributed by atoms with van der Waals surface area (Å²) in [7, 11) is 3.29. The molecule has 0 aromatic carbocycles. The maximum atomic E-state index is 11.9. The number of primary amides is 1. The van der Waals surface area contributed by atoms with Crippen LogP contribution in [0.25, 0.3) is 0 Å². The summed E-state index contributed by atoms with van der Waals surface area (Å²) < 4.78 is 0. The summed E-state index contributed by atoms with van der Waals surface area (Å²) in [6, 6.07) is 4.10. The van der Waals surface area contributed by atoms with Crippen molar-refractivity contribution in [2.45, 2.75) is 18.9 Å². The van der Waals surface area contributed by atoms with Crippen LogP contribution in [-0.4, -0.2) is 47.7 Å². The van der Waals surface area contributed by atoms with Crippen LogP contribution in [0, 0.1) is 0 Å². The minimum Gasteiger partial charge on any atom is -0.368 e. The number of aromatic nitrogens is 1. The predicted molar refractivity (Wildman–Crippen MR) is 81.8 cm³/mol. The average molecular weight is 304 g/mol. The third-order valence-corrected chi connectivity index (χ3v) is 2.87. The fraction of sp³-hybridized carbons (Fsp3) is 0.333. The molecule has 3 amide bonds. The lowest BCUT2D eigenvalue weighted by Crippen LogP contribution is -2.44. The molecule has 1 unspecified atom stereocenters. The molecule has 0 fully saturated rings. The number of hydrogen-bond acceptors (Lipinski definition) is 4. The first-order chi connectivity index (χ1) is 10.4. The van der Waals surface area contributed by atoms with E-state index >= 15 is 0 Å². The molecule has 0 spiro atoms. The Hall–Kier alpha value is -2.70. The molecule has 0 saturated heterocycles. The van der Waals surface area contributed by atoms with E-state index in [1.807, 2.05) is 0 Å². The second-order valence-corrected chi connectivity index (χ2v) is 4.86. The summed E-state index contributed by atoms with van der Waals surface area (Å²) >= 11 is 0. The van der Waals surface area contributed by atoms with Crippen LogP contribution in [0.1, 0.15) is 23.3 Å². The van der Waals surface area contributed by atoms with Gasteiger partial charge in [-0.25, -0.2) is 0 Å². The van der Waals surface area contributed by atoms with Gasteiger partial charge in [-0.1, -0.05) is 12.1 Å². The van der Waals surface area contributed by atoms with Gasteiger partial charge >= 0.3 is 0 Å². The van der Waals surface area contributed by atoms with Crippen molar-refractivity contribution in [3.63, 3.8) is 0 Å². The van der Waals surface area contributed by atoms with E-state index < -0.39 is 17.9 Å². The molecule has 1 heterocycles. The topological polar surface area (TPSA) is 105 Å². The Bertz CT molecular complexity index is 555. The van der Waals surface area contributed by atoms with Gasteiger partial charge in [-0.3, -0.25) is 19.4 Å². The van der Waals surface area contributed by atoms with Gasteiger partial charge in [-0.05, 0) is 31.1 Å². The van der Waals surface area contributed by atoms with E-state index in [-0.39, 0.29) is 11.6 Å². The molecule has 1 atom stereocenters. The summed E-state index contributed by atoms with van der Waals surface area (Å²) in [5, 5.41) is 2.54. The number of nitrogens with two attached hydrogens (primary N) is 1. The van der Waals surface area contributed by atoms with Gasteiger partial charge in [0.2, 0.25) is 11.8 Å². The zero-order valence-electron chi connectivity index (χ0n) is 12.7. The highest BCUT2D eigenvalue weighted by Gasteiger charge is 2.18. The molecule has 0 aliphatic carbocycles. The van der Waals surface area contributed by atoms with E-state index in [1.54, 1.807) is 38.4 Å². The molecular weight excluding hydrogens is 284 g/mol. The normalized spacial score (nSPS) is 11.9. The maximum Gasteiger partial charge on any atom is 0.270 e. The molecule has 0 bridgehead atoms. The lowest BCUT2D eigenvalue weighted by Gasteiger charge is -2.14. The second kappa shape index (κ2) is 8.56. The van der Waals surface area contributed by atoms with Crippen molar-refractivity contribution in [2.24, 2.45) is 5.73 Å². The number of hydrogen-bond donors (Lipinski definition) is 2. The third kappa shape index (κ3) is 5.74. The minimum atomic E-state index is -0.811. The molecular formula is C15H20N4O3. The second-order valence-electron chi connectivity index (χ2n) is 4.86. The van der Waals surface area contributed by atoms with Gasteiger partial charge in [0.1, 0.15) is 11.7 Å². The Kier molecular flexibility index (Phi) is 6.75. The molecule has 1 rings (SSSR count). The van der Waals surface area contributed by atoms with Crippen LogP contribution in [0.3, 0.4) is 0 Å². The fourth-order valence-electron chi connectivity index (χ4n) is 1.61. The monoisotopic (exact) mass is 304 g/mol. The van der Waals surface area contributed by atoms with Gasteiger partial charge in [0.05, 0.1) is 0 Å². The van der Waals surface area contributed by atoms with Crippen molar-refractivity contribution in [1.29, 1.82) is 0 Å². The fourth-order valence-corrected chi connectivity index (χ4v) is 1.61. The van der Waals surface area contributed by atoms with E-state index in [4.69, 9.17) is 5.73 Å². The molecule has 7 heteroatoms. The first kappa shape index (κ1) is 17.4. The number of carbonyl (C=O) groups is 3. The molecule has 7 nitrogen and oxygen atoms in total. The first-order valence-electron chi connectivity index (χ1n) is 6.81. The van der Waals surface area contributed by atoms with Crippen LogP contribution in [0.5, 0.6) is 0 Å².